The van der Waals surface area contributed by atoms with Gasteiger partial charge in [0.2, 0.25) is 0 Å². The van der Waals surface area contributed by atoms with Crippen molar-refractivity contribution in [3.05, 3.63) is 59.0 Å². The minimum absolute atomic E-state index is 0.122. The molecule has 1 aromatic heterocycles. The molecule has 0 radical (unpaired) electrons. The van der Waals surface area contributed by atoms with Crippen molar-refractivity contribution in [3.63, 3.8) is 0 Å². The lowest BCUT2D eigenvalue weighted by molar-refractivity contribution is -0.274. The van der Waals surface area contributed by atoms with Gasteiger partial charge in [-0.1, -0.05) is 37.1 Å². The van der Waals surface area contributed by atoms with Crippen LogP contribution in [-0.4, -0.2) is 18.3 Å². The number of fused-ring (bicyclic) bond motifs is 1. The zero-order valence-electron chi connectivity index (χ0n) is 16.0. The molecule has 1 aliphatic rings. The first kappa shape index (κ1) is 20.5. The second kappa shape index (κ2) is 8.55. The van der Waals surface area contributed by atoms with E-state index in [1.165, 1.54) is 35.6 Å². The van der Waals surface area contributed by atoms with Gasteiger partial charge in [0.15, 0.2) is 5.75 Å². The lowest BCUT2D eigenvalue weighted by Gasteiger charge is -2.13. The summed E-state index contributed by atoms with van der Waals surface area (Å²) in [6, 6.07) is 13.3. The number of benzene rings is 2. The maximum absolute atomic E-state index is 12.9. The highest BCUT2D eigenvalue weighted by atomic mass is 32.1. The van der Waals surface area contributed by atoms with Crippen molar-refractivity contribution in [2.24, 2.45) is 0 Å². The molecule has 1 heterocycles. The first-order chi connectivity index (χ1) is 14.4. The summed E-state index contributed by atoms with van der Waals surface area (Å²) in [4.78, 5) is 13.4. The molecule has 0 unspecified atom stereocenters. The van der Waals surface area contributed by atoms with Gasteiger partial charge in [0.1, 0.15) is 17.2 Å². The van der Waals surface area contributed by atoms with Crippen molar-refractivity contribution in [2.45, 2.75) is 44.7 Å². The molecule has 1 amide bonds. The van der Waals surface area contributed by atoms with E-state index in [4.69, 9.17) is 4.74 Å². The molecule has 0 atom stereocenters. The van der Waals surface area contributed by atoms with Crippen LogP contribution in [0.25, 0.3) is 10.1 Å². The third-order valence-corrected chi connectivity index (χ3v) is 6.14. The number of rotatable bonds is 6. The smallest absolute Gasteiger partial charge is 0.487 e. The number of halogens is 3. The minimum atomic E-state index is -4.73. The van der Waals surface area contributed by atoms with Crippen LogP contribution in [0.3, 0.4) is 0 Å². The fourth-order valence-electron chi connectivity index (χ4n) is 3.58. The fourth-order valence-corrected chi connectivity index (χ4v) is 4.63. The molecule has 1 aliphatic carbocycles. The largest absolute Gasteiger partial charge is 0.573 e. The second-order valence-corrected chi connectivity index (χ2v) is 8.24. The second-order valence-electron chi connectivity index (χ2n) is 7.19. The number of amides is 1. The normalized spacial score (nSPS) is 14.8. The van der Waals surface area contributed by atoms with Crippen molar-refractivity contribution in [1.29, 1.82) is 0 Å². The van der Waals surface area contributed by atoms with E-state index in [1.54, 1.807) is 0 Å². The van der Waals surface area contributed by atoms with Crippen LogP contribution in [0.2, 0.25) is 0 Å². The summed E-state index contributed by atoms with van der Waals surface area (Å²) >= 11 is 1.38. The van der Waals surface area contributed by atoms with Crippen molar-refractivity contribution in [3.8, 4) is 11.5 Å². The Morgan fingerprint density at radius 1 is 1.07 bits per heavy atom. The van der Waals surface area contributed by atoms with E-state index in [9.17, 15) is 18.0 Å². The minimum Gasteiger partial charge on any atom is -0.487 e. The number of thiophene rings is 1. The Bertz CT molecular complexity index is 1020. The maximum Gasteiger partial charge on any atom is 0.573 e. The van der Waals surface area contributed by atoms with Gasteiger partial charge >= 0.3 is 6.36 Å². The van der Waals surface area contributed by atoms with Gasteiger partial charge in [0.25, 0.3) is 5.91 Å². The van der Waals surface area contributed by atoms with Gasteiger partial charge in [0.05, 0.1) is 0 Å². The van der Waals surface area contributed by atoms with Crippen LogP contribution in [-0.2, 0) is 6.61 Å². The van der Waals surface area contributed by atoms with Crippen LogP contribution in [0.15, 0.2) is 48.5 Å². The molecular weight excluding hydrogens is 415 g/mol. The van der Waals surface area contributed by atoms with Crippen LogP contribution in [0, 0.1) is 0 Å². The van der Waals surface area contributed by atoms with Gasteiger partial charge in [-0.15, -0.1) is 24.5 Å². The van der Waals surface area contributed by atoms with Crippen molar-refractivity contribution in [2.75, 3.05) is 0 Å². The SMILES string of the molecule is O=C(NC1CCCC1)c1sc2ccccc2c1OCc1ccc(OC(F)(F)F)cc1. The van der Waals surface area contributed by atoms with E-state index in [0.29, 0.717) is 16.2 Å². The predicted molar refractivity (Wildman–Crippen MR) is 109 cm³/mol. The highest BCUT2D eigenvalue weighted by Gasteiger charge is 2.31. The number of alkyl halides is 3. The number of hydrogen-bond acceptors (Lipinski definition) is 4. The number of nitrogens with one attached hydrogen (secondary N) is 1. The van der Waals surface area contributed by atoms with Crippen LogP contribution in [0.5, 0.6) is 11.5 Å². The molecule has 1 N–H and O–H groups in total. The van der Waals surface area contributed by atoms with Crippen molar-refractivity contribution < 1.29 is 27.4 Å². The molecule has 0 aliphatic heterocycles. The Labute approximate surface area is 175 Å². The van der Waals surface area contributed by atoms with Crippen molar-refractivity contribution >= 4 is 27.3 Å². The van der Waals surface area contributed by atoms with E-state index in [0.717, 1.165) is 35.8 Å². The van der Waals surface area contributed by atoms with E-state index >= 15 is 0 Å². The predicted octanol–water partition coefficient (Wildman–Crippen LogP) is 6.05. The third-order valence-electron chi connectivity index (χ3n) is 4.99. The average Bonchev–Trinajstić information content (AvgIpc) is 3.34. The first-order valence-corrected chi connectivity index (χ1v) is 10.5. The number of hydrogen-bond donors (Lipinski definition) is 1. The average molecular weight is 435 g/mol. The molecule has 30 heavy (non-hydrogen) atoms. The number of carbonyl (C=O) groups is 1. The molecule has 4 rings (SSSR count). The molecule has 0 bridgehead atoms. The molecular formula is C22H20F3NO3S. The molecule has 4 nitrogen and oxygen atoms in total. The van der Waals surface area contributed by atoms with Crippen molar-refractivity contribution in [1.82, 2.24) is 5.32 Å². The summed E-state index contributed by atoms with van der Waals surface area (Å²) in [6.45, 7) is 0.122. The van der Waals surface area contributed by atoms with E-state index < -0.39 is 6.36 Å². The Balaban J connectivity index is 1.52. The zero-order valence-corrected chi connectivity index (χ0v) is 16.8. The van der Waals surface area contributed by atoms with Gasteiger partial charge in [-0.2, -0.15) is 0 Å². The van der Waals surface area contributed by atoms with Gasteiger partial charge in [0, 0.05) is 16.1 Å². The summed E-state index contributed by atoms with van der Waals surface area (Å²) in [5, 5.41) is 3.94. The van der Waals surface area contributed by atoms with Gasteiger partial charge in [-0.3, -0.25) is 4.79 Å². The summed E-state index contributed by atoms with van der Waals surface area (Å²) in [5.74, 6) is 0.0672. The molecule has 8 heteroatoms. The molecule has 1 fully saturated rings. The standard InChI is InChI=1S/C22H20F3NO3S/c23-22(24,25)29-16-11-9-14(10-12-16)13-28-19-17-7-3-4-8-18(17)30-20(19)21(27)26-15-5-1-2-6-15/h3-4,7-12,15H,1-2,5-6,13H2,(H,26,27). The van der Waals surface area contributed by atoms with E-state index in [2.05, 4.69) is 10.1 Å². The summed E-state index contributed by atoms with van der Waals surface area (Å²) < 4.78 is 47.7. The topological polar surface area (TPSA) is 47.6 Å². The maximum atomic E-state index is 12.9. The Hall–Kier alpha value is -2.74. The summed E-state index contributed by atoms with van der Waals surface area (Å²) in [7, 11) is 0. The van der Waals surface area contributed by atoms with Gasteiger partial charge in [-0.25, -0.2) is 0 Å². The number of carbonyl (C=O) groups excluding carboxylic acids is 1. The Kier molecular flexibility index (Phi) is 5.85. The summed E-state index contributed by atoms with van der Waals surface area (Å²) in [5.41, 5.74) is 0.668. The molecule has 3 aromatic rings. The Morgan fingerprint density at radius 3 is 2.47 bits per heavy atom. The molecule has 2 aromatic carbocycles. The quantitative estimate of drug-likeness (QED) is 0.513. The van der Waals surface area contributed by atoms with Gasteiger partial charge < -0.3 is 14.8 Å². The van der Waals surface area contributed by atoms with Crippen LogP contribution >= 0.6 is 11.3 Å². The van der Waals surface area contributed by atoms with Crippen LogP contribution < -0.4 is 14.8 Å². The summed E-state index contributed by atoms with van der Waals surface area (Å²) in [6.07, 6.45) is -0.517. The van der Waals surface area contributed by atoms with Gasteiger partial charge in [-0.05, 0) is 42.7 Å². The highest BCUT2D eigenvalue weighted by molar-refractivity contribution is 7.21. The molecule has 158 valence electrons. The lowest BCUT2D eigenvalue weighted by atomic mass is 10.2. The number of ether oxygens (including phenoxy) is 2. The van der Waals surface area contributed by atoms with Crippen LogP contribution in [0.4, 0.5) is 13.2 Å². The molecule has 1 saturated carbocycles. The Morgan fingerprint density at radius 2 is 1.77 bits per heavy atom. The highest BCUT2D eigenvalue weighted by Crippen LogP contribution is 2.38. The van der Waals surface area contributed by atoms with Crippen LogP contribution in [0.1, 0.15) is 40.9 Å². The first-order valence-electron chi connectivity index (χ1n) is 9.69. The van der Waals surface area contributed by atoms with E-state index in [-0.39, 0.29) is 24.3 Å². The monoisotopic (exact) mass is 435 g/mol. The van der Waals surface area contributed by atoms with E-state index in [1.807, 2.05) is 24.3 Å². The zero-order chi connectivity index (χ0) is 21.1. The third kappa shape index (κ3) is 4.87. The molecule has 0 saturated heterocycles. The fraction of sp³-hybridized carbons (Fsp3) is 0.318. The lowest BCUT2D eigenvalue weighted by Crippen LogP contribution is -2.32. The molecule has 0 spiro atoms.